The standard InChI is InChI=1S/C17H12N6O2/c1-24-15-7-16(25-2)23-17(22-15)11-4-3-5-13(6-11)21-14(10-20)12(8-18)9-19/h3-7,21H,1-2H3. The number of ether oxygens (including phenoxy) is 2. The predicted octanol–water partition coefficient (Wildman–Crippen LogP) is 2.40. The first-order valence-electron chi connectivity index (χ1n) is 6.94. The Hall–Kier alpha value is -4.09. The van der Waals surface area contributed by atoms with E-state index in [1.807, 2.05) is 0 Å². The van der Waals surface area contributed by atoms with E-state index in [2.05, 4.69) is 15.3 Å². The summed E-state index contributed by atoms with van der Waals surface area (Å²) in [5, 5.41) is 29.6. The molecule has 0 bridgehead atoms. The van der Waals surface area contributed by atoms with Crippen molar-refractivity contribution in [2.24, 2.45) is 0 Å². The summed E-state index contributed by atoms with van der Waals surface area (Å²) in [6, 6.07) is 13.6. The molecule has 122 valence electrons. The molecule has 8 nitrogen and oxygen atoms in total. The van der Waals surface area contributed by atoms with Gasteiger partial charge in [-0.2, -0.15) is 25.8 Å². The number of allylic oxidation sites excluding steroid dienone is 2. The van der Waals surface area contributed by atoms with Crippen LogP contribution in [0.4, 0.5) is 5.69 Å². The van der Waals surface area contributed by atoms with Crippen LogP contribution in [-0.4, -0.2) is 24.2 Å². The average Bonchev–Trinajstić information content (AvgIpc) is 2.67. The number of hydrogen-bond acceptors (Lipinski definition) is 8. The van der Waals surface area contributed by atoms with Crippen LogP contribution < -0.4 is 14.8 Å². The Balaban J connectivity index is 2.44. The van der Waals surface area contributed by atoms with E-state index in [0.717, 1.165) is 0 Å². The summed E-state index contributed by atoms with van der Waals surface area (Å²) < 4.78 is 10.2. The minimum Gasteiger partial charge on any atom is -0.481 e. The number of hydrogen-bond donors (Lipinski definition) is 1. The lowest BCUT2D eigenvalue weighted by atomic mass is 10.1. The molecule has 1 heterocycles. The van der Waals surface area contributed by atoms with E-state index < -0.39 is 0 Å². The molecule has 0 aliphatic carbocycles. The second-order valence-electron chi connectivity index (χ2n) is 4.57. The summed E-state index contributed by atoms with van der Waals surface area (Å²) in [6.45, 7) is 0. The van der Waals surface area contributed by atoms with Gasteiger partial charge in [-0.3, -0.25) is 0 Å². The van der Waals surface area contributed by atoms with Gasteiger partial charge in [-0.05, 0) is 12.1 Å². The SMILES string of the molecule is COc1cc(OC)nc(-c2cccc(NC(C#N)=C(C#N)C#N)c2)n1. The molecule has 0 fully saturated rings. The zero-order valence-corrected chi connectivity index (χ0v) is 13.4. The molecule has 1 N–H and O–H groups in total. The lowest BCUT2D eigenvalue weighted by Crippen LogP contribution is -2.01. The Morgan fingerprint density at radius 2 is 1.60 bits per heavy atom. The quantitative estimate of drug-likeness (QED) is 0.827. The van der Waals surface area contributed by atoms with E-state index in [0.29, 0.717) is 28.8 Å². The number of nitriles is 3. The van der Waals surface area contributed by atoms with Crippen LogP contribution in [0.15, 0.2) is 41.6 Å². The molecule has 0 spiro atoms. The summed E-state index contributed by atoms with van der Waals surface area (Å²) in [5.74, 6) is 1.05. The lowest BCUT2D eigenvalue weighted by molar-refractivity contribution is 0.372. The molecule has 0 aliphatic rings. The van der Waals surface area contributed by atoms with E-state index >= 15 is 0 Å². The second-order valence-corrected chi connectivity index (χ2v) is 4.57. The Morgan fingerprint density at radius 1 is 0.960 bits per heavy atom. The van der Waals surface area contributed by atoms with Crippen molar-refractivity contribution in [1.29, 1.82) is 15.8 Å². The number of nitrogens with zero attached hydrogens (tertiary/aromatic N) is 5. The molecule has 8 heteroatoms. The summed E-state index contributed by atoms with van der Waals surface area (Å²) >= 11 is 0. The first-order chi connectivity index (χ1) is 12.1. The van der Waals surface area contributed by atoms with Crippen molar-refractivity contribution in [2.45, 2.75) is 0 Å². The van der Waals surface area contributed by atoms with Crippen molar-refractivity contribution in [3.8, 4) is 41.4 Å². The monoisotopic (exact) mass is 332 g/mol. The van der Waals surface area contributed by atoms with E-state index in [1.54, 1.807) is 48.5 Å². The zero-order chi connectivity index (χ0) is 18.2. The molecular weight excluding hydrogens is 320 g/mol. The van der Waals surface area contributed by atoms with Crippen LogP contribution in [0.2, 0.25) is 0 Å². The molecular formula is C17H12N6O2. The Labute approximate surface area is 144 Å². The highest BCUT2D eigenvalue weighted by atomic mass is 16.5. The predicted molar refractivity (Wildman–Crippen MR) is 88.1 cm³/mol. The van der Waals surface area contributed by atoms with Crippen LogP contribution in [0.25, 0.3) is 11.4 Å². The van der Waals surface area contributed by atoms with Gasteiger partial charge >= 0.3 is 0 Å². The van der Waals surface area contributed by atoms with Crippen molar-refractivity contribution in [3.63, 3.8) is 0 Å². The molecule has 2 rings (SSSR count). The van der Waals surface area contributed by atoms with Gasteiger partial charge in [0, 0.05) is 11.3 Å². The lowest BCUT2D eigenvalue weighted by Gasteiger charge is -2.09. The third-order valence-electron chi connectivity index (χ3n) is 3.07. The van der Waals surface area contributed by atoms with Crippen molar-refractivity contribution < 1.29 is 9.47 Å². The van der Waals surface area contributed by atoms with E-state index in [1.165, 1.54) is 14.2 Å². The highest BCUT2D eigenvalue weighted by molar-refractivity contribution is 5.66. The third kappa shape index (κ3) is 4.01. The fourth-order valence-electron chi connectivity index (χ4n) is 1.91. The average molecular weight is 332 g/mol. The molecule has 0 unspecified atom stereocenters. The maximum atomic E-state index is 9.11. The van der Waals surface area contributed by atoms with Gasteiger partial charge in [-0.15, -0.1) is 0 Å². The fourth-order valence-corrected chi connectivity index (χ4v) is 1.91. The van der Waals surface area contributed by atoms with Gasteiger partial charge < -0.3 is 14.8 Å². The number of benzene rings is 1. The van der Waals surface area contributed by atoms with Gasteiger partial charge in [0.15, 0.2) is 11.4 Å². The number of methoxy groups -OCH3 is 2. The third-order valence-corrected chi connectivity index (χ3v) is 3.07. The van der Waals surface area contributed by atoms with Gasteiger partial charge in [0.05, 0.1) is 20.3 Å². The zero-order valence-electron chi connectivity index (χ0n) is 13.4. The molecule has 0 aliphatic heterocycles. The second kappa shape index (κ2) is 7.96. The van der Waals surface area contributed by atoms with Crippen LogP contribution in [0.3, 0.4) is 0 Å². The smallest absolute Gasteiger partial charge is 0.220 e. The molecule has 1 aromatic heterocycles. The molecule has 0 saturated carbocycles. The van der Waals surface area contributed by atoms with E-state index in [9.17, 15) is 0 Å². The minimum absolute atomic E-state index is 0.133. The number of nitrogens with one attached hydrogen (secondary N) is 1. The van der Waals surface area contributed by atoms with Gasteiger partial charge in [0.2, 0.25) is 11.8 Å². The molecule has 0 saturated heterocycles. The first kappa shape index (κ1) is 17.3. The summed E-state index contributed by atoms with van der Waals surface area (Å²) in [7, 11) is 2.97. The summed E-state index contributed by atoms with van der Waals surface area (Å²) in [5.41, 5.74) is 0.705. The maximum Gasteiger partial charge on any atom is 0.220 e. The minimum atomic E-state index is -0.299. The van der Waals surface area contributed by atoms with Gasteiger partial charge in [0.1, 0.15) is 23.9 Å². The van der Waals surface area contributed by atoms with Crippen LogP contribution >= 0.6 is 0 Å². The Morgan fingerprint density at radius 3 is 2.12 bits per heavy atom. The molecule has 1 aromatic carbocycles. The van der Waals surface area contributed by atoms with E-state index in [-0.39, 0.29) is 11.3 Å². The fraction of sp³-hybridized carbons (Fsp3) is 0.118. The molecule has 2 aromatic rings. The van der Waals surface area contributed by atoms with Gasteiger partial charge in [0.25, 0.3) is 0 Å². The number of rotatable bonds is 5. The highest BCUT2D eigenvalue weighted by Gasteiger charge is 2.10. The van der Waals surface area contributed by atoms with Crippen LogP contribution in [0.1, 0.15) is 0 Å². The Bertz CT molecular complexity index is 909. The normalized spacial score (nSPS) is 9.08. The van der Waals surface area contributed by atoms with Crippen molar-refractivity contribution in [2.75, 3.05) is 19.5 Å². The molecule has 0 radical (unpaired) electrons. The maximum absolute atomic E-state index is 9.11. The van der Waals surface area contributed by atoms with Crippen molar-refractivity contribution in [1.82, 2.24) is 9.97 Å². The number of aromatic nitrogens is 2. The van der Waals surface area contributed by atoms with Crippen LogP contribution in [0.5, 0.6) is 11.8 Å². The topological polar surface area (TPSA) is 128 Å². The van der Waals surface area contributed by atoms with Crippen LogP contribution in [-0.2, 0) is 0 Å². The summed E-state index contributed by atoms with van der Waals surface area (Å²) in [4.78, 5) is 8.51. The van der Waals surface area contributed by atoms with E-state index in [4.69, 9.17) is 25.3 Å². The Kier molecular flexibility index (Phi) is 5.50. The molecule has 25 heavy (non-hydrogen) atoms. The summed E-state index contributed by atoms with van der Waals surface area (Å²) in [6.07, 6.45) is 0. The molecule has 0 atom stereocenters. The molecule has 0 amide bonds. The van der Waals surface area contributed by atoms with Crippen molar-refractivity contribution in [3.05, 3.63) is 41.6 Å². The first-order valence-corrected chi connectivity index (χ1v) is 6.94. The largest absolute Gasteiger partial charge is 0.481 e. The van der Waals surface area contributed by atoms with Crippen molar-refractivity contribution >= 4 is 5.69 Å². The van der Waals surface area contributed by atoms with Gasteiger partial charge in [-0.1, -0.05) is 12.1 Å². The number of anilines is 1. The highest BCUT2D eigenvalue weighted by Crippen LogP contribution is 2.25. The van der Waals surface area contributed by atoms with Gasteiger partial charge in [-0.25, -0.2) is 0 Å². The van der Waals surface area contributed by atoms with Crippen LogP contribution in [0, 0.1) is 34.0 Å².